The van der Waals surface area contributed by atoms with Crippen LogP contribution in [0.25, 0.3) is 16.5 Å². The van der Waals surface area contributed by atoms with Gasteiger partial charge >= 0.3 is 5.97 Å². The summed E-state index contributed by atoms with van der Waals surface area (Å²) in [6.07, 6.45) is 7.58. The number of halogens is 1. The van der Waals surface area contributed by atoms with Crippen molar-refractivity contribution in [3.05, 3.63) is 93.6 Å². The number of fused-ring (bicyclic) bond motifs is 1. The third kappa shape index (κ3) is 6.22. The van der Waals surface area contributed by atoms with Gasteiger partial charge in [0.25, 0.3) is 0 Å². The number of anilines is 1. The van der Waals surface area contributed by atoms with Gasteiger partial charge in [0.15, 0.2) is 0 Å². The maximum absolute atomic E-state index is 15.1. The van der Waals surface area contributed by atoms with Gasteiger partial charge in [0, 0.05) is 50.9 Å². The first kappa shape index (κ1) is 28.9. The Morgan fingerprint density at radius 3 is 2.26 bits per heavy atom. The molecule has 0 amide bonds. The summed E-state index contributed by atoms with van der Waals surface area (Å²) in [6.45, 7) is 14.1. The molecule has 0 radical (unpaired) electrons. The van der Waals surface area contributed by atoms with Crippen LogP contribution < -0.4 is 10.3 Å². The smallest absolute Gasteiger partial charge is 0.341 e. The number of carboxylic acids is 1. The van der Waals surface area contributed by atoms with Crippen molar-refractivity contribution < 1.29 is 14.3 Å². The minimum Gasteiger partial charge on any atom is -0.477 e. The topological polar surface area (TPSA) is 65.8 Å². The lowest BCUT2D eigenvalue weighted by atomic mass is 10.0. The van der Waals surface area contributed by atoms with E-state index in [0.717, 1.165) is 19.6 Å². The molecule has 38 heavy (non-hydrogen) atoms. The number of rotatable bonds is 7. The quantitative estimate of drug-likeness (QED) is 0.377. The molecule has 0 unspecified atom stereocenters. The van der Waals surface area contributed by atoms with Gasteiger partial charge in [0.05, 0.1) is 11.2 Å². The predicted molar refractivity (Wildman–Crippen MR) is 155 cm³/mol. The normalized spacial score (nSPS) is 14.6. The molecule has 2 aromatic carbocycles. The first-order chi connectivity index (χ1) is 18.4. The van der Waals surface area contributed by atoms with Gasteiger partial charge in [-0.05, 0) is 49.6 Å². The second-order valence-corrected chi connectivity index (χ2v) is 8.99. The number of benzene rings is 2. The van der Waals surface area contributed by atoms with Crippen LogP contribution in [0.15, 0.2) is 65.6 Å². The van der Waals surface area contributed by atoms with E-state index in [-0.39, 0.29) is 10.9 Å². The highest BCUT2D eigenvalue weighted by Crippen LogP contribution is 2.27. The number of nitrogens with zero attached hydrogens (tertiary/aromatic N) is 3. The highest BCUT2D eigenvalue weighted by Gasteiger charge is 2.22. The average molecular weight is 520 g/mol. The molecule has 1 aliphatic rings. The lowest BCUT2D eigenvalue weighted by molar-refractivity contribution is 0.0695. The van der Waals surface area contributed by atoms with Crippen LogP contribution in [-0.4, -0.2) is 46.7 Å². The van der Waals surface area contributed by atoms with Crippen LogP contribution in [0, 0.1) is 5.82 Å². The molecule has 1 aromatic heterocycles. The van der Waals surface area contributed by atoms with Crippen molar-refractivity contribution in [3.63, 3.8) is 0 Å². The summed E-state index contributed by atoms with van der Waals surface area (Å²) in [5.41, 5.74) is 3.61. The largest absolute Gasteiger partial charge is 0.477 e. The van der Waals surface area contributed by atoms with Gasteiger partial charge in [-0.25, -0.2) is 9.18 Å². The van der Waals surface area contributed by atoms with Crippen molar-refractivity contribution in [2.75, 3.05) is 31.1 Å². The molecule has 2 heterocycles. The van der Waals surface area contributed by atoms with Crippen molar-refractivity contribution in [1.29, 1.82) is 0 Å². The summed E-state index contributed by atoms with van der Waals surface area (Å²) in [5, 5.41) is 9.44. The number of aromatic carboxylic acids is 1. The third-order valence-electron chi connectivity index (χ3n) is 6.78. The van der Waals surface area contributed by atoms with E-state index >= 15 is 4.39 Å². The average Bonchev–Trinajstić information content (AvgIpc) is 2.94. The van der Waals surface area contributed by atoms with Gasteiger partial charge in [-0.15, -0.1) is 0 Å². The number of aryl methyl sites for hydroxylation is 1. The Morgan fingerprint density at radius 1 is 1.05 bits per heavy atom. The molecule has 0 atom stereocenters. The summed E-state index contributed by atoms with van der Waals surface area (Å²) < 4.78 is 16.8. The van der Waals surface area contributed by atoms with E-state index in [2.05, 4.69) is 41.3 Å². The summed E-state index contributed by atoms with van der Waals surface area (Å²) >= 11 is 0. The van der Waals surface area contributed by atoms with Gasteiger partial charge in [-0.1, -0.05) is 56.3 Å². The van der Waals surface area contributed by atoms with Crippen LogP contribution >= 0.6 is 0 Å². The molecule has 1 saturated heterocycles. The van der Waals surface area contributed by atoms with E-state index in [1.54, 1.807) is 10.6 Å². The number of allylic oxidation sites excluding steroid dienone is 4. The Balaban J connectivity index is 0.00000195. The Hall–Kier alpha value is -3.71. The van der Waals surface area contributed by atoms with Crippen molar-refractivity contribution in [2.45, 2.75) is 47.7 Å². The monoisotopic (exact) mass is 519 g/mol. The second-order valence-electron chi connectivity index (χ2n) is 8.99. The maximum atomic E-state index is 15.1. The third-order valence-corrected chi connectivity index (χ3v) is 6.78. The molecule has 1 N–H and O–H groups in total. The fourth-order valence-electron chi connectivity index (χ4n) is 4.80. The van der Waals surface area contributed by atoms with Crippen LogP contribution in [0.2, 0.25) is 0 Å². The van der Waals surface area contributed by atoms with Crippen molar-refractivity contribution >= 4 is 28.1 Å². The minimum absolute atomic E-state index is 0.0931. The molecule has 0 aliphatic carbocycles. The molecular weight excluding hydrogens is 481 g/mol. The molecule has 7 heteroatoms. The van der Waals surface area contributed by atoms with E-state index in [1.165, 1.54) is 29.0 Å². The summed E-state index contributed by atoms with van der Waals surface area (Å²) in [4.78, 5) is 28.4. The number of hydrogen-bond donors (Lipinski definition) is 1. The minimum atomic E-state index is -1.31. The first-order valence-corrected chi connectivity index (χ1v) is 13.3. The standard InChI is InChI=1S/C29H32FN3O3.C2H6/c1-4-7-21(5-2)22-10-8-20(9-11-22)18-31-12-14-33(15-13-31)27-17-26-23(16-25(27)30)28(34)24(29(35)36)19-32(26)6-3;1-2/h4-5,7-11,16-17,19H,6,12-15,18H2,1-3H3,(H,35,36);1-2H3/b7-4-,21-5+;. The number of aromatic nitrogens is 1. The zero-order chi connectivity index (χ0) is 27.8. The predicted octanol–water partition coefficient (Wildman–Crippen LogP) is 6.19. The summed E-state index contributed by atoms with van der Waals surface area (Å²) in [6, 6.07) is 11.5. The van der Waals surface area contributed by atoms with Gasteiger partial charge in [0.2, 0.25) is 5.43 Å². The van der Waals surface area contributed by atoms with Crippen molar-refractivity contribution in [1.82, 2.24) is 9.47 Å². The Bertz CT molecular complexity index is 1380. The van der Waals surface area contributed by atoms with Crippen LogP contribution in [0.3, 0.4) is 0 Å². The van der Waals surface area contributed by atoms with Gasteiger partial charge in [-0.3, -0.25) is 9.69 Å². The lowest BCUT2D eigenvalue weighted by Crippen LogP contribution is -2.46. The molecular formula is C31H38FN3O3. The molecule has 4 rings (SSSR count). The van der Waals surface area contributed by atoms with E-state index in [0.29, 0.717) is 30.8 Å². The number of carbonyl (C=O) groups is 1. The van der Waals surface area contributed by atoms with E-state index in [9.17, 15) is 14.7 Å². The Kier molecular flexibility index (Phi) is 10.0. The van der Waals surface area contributed by atoms with E-state index in [4.69, 9.17) is 0 Å². The zero-order valence-corrected chi connectivity index (χ0v) is 23.0. The fraction of sp³-hybridized carbons (Fsp3) is 0.355. The first-order valence-electron chi connectivity index (χ1n) is 13.3. The van der Waals surface area contributed by atoms with E-state index < -0.39 is 17.2 Å². The van der Waals surface area contributed by atoms with Crippen LogP contribution in [0.5, 0.6) is 0 Å². The van der Waals surface area contributed by atoms with Gasteiger partial charge in [-0.2, -0.15) is 0 Å². The maximum Gasteiger partial charge on any atom is 0.341 e. The highest BCUT2D eigenvalue weighted by molar-refractivity contribution is 5.93. The van der Waals surface area contributed by atoms with Gasteiger partial charge < -0.3 is 14.6 Å². The molecule has 0 spiro atoms. The molecule has 1 aliphatic heterocycles. The molecule has 202 valence electrons. The highest BCUT2D eigenvalue weighted by atomic mass is 19.1. The molecule has 0 saturated carbocycles. The second kappa shape index (κ2) is 13.2. The molecule has 1 fully saturated rings. The fourth-order valence-corrected chi connectivity index (χ4v) is 4.80. The Labute approximate surface area is 224 Å². The summed E-state index contributed by atoms with van der Waals surface area (Å²) in [5.74, 6) is -1.81. The lowest BCUT2D eigenvalue weighted by Gasteiger charge is -2.36. The van der Waals surface area contributed by atoms with Crippen LogP contribution in [0.1, 0.15) is 56.1 Å². The van der Waals surface area contributed by atoms with Crippen LogP contribution in [-0.2, 0) is 13.1 Å². The Morgan fingerprint density at radius 2 is 1.71 bits per heavy atom. The van der Waals surface area contributed by atoms with Crippen LogP contribution in [0.4, 0.5) is 10.1 Å². The SMILES string of the molecule is C/C=C\C(=C/C)c1ccc(CN2CCN(c3cc4c(cc3F)c(=O)c(C(=O)O)cn4CC)CC2)cc1.CC. The zero-order valence-electron chi connectivity index (χ0n) is 23.0. The number of carboxylic acid groups (broad SMARTS) is 1. The van der Waals surface area contributed by atoms with E-state index in [1.807, 2.05) is 45.6 Å². The summed E-state index contributed by atoms with van der Waals surface area (Å²) in [7, 11) is 0. The number of pyridine rings is 1. The van der Waals surface area contributed by atoms with Crippen molar-refractivity contribution in [3.8, 4) is 0 Å². The molecule has 6 nitrogen and oxygen atoms in total. The number of hydrogen-bond acceptors (Lipinski definition) is 4. The van der Waals surface area contributed by atoms with Gasteiger partial charge in [0.1, 0.15) is 11.4 Å². The molecule has 0 bridgehead atoms. The molecule has 3 aromatic rings. The van der Waals surface area contributed by atoms with Crippen molar-refractivity contribution in [2.24, 2.45) is 0 Å². The number of piperazine rings is 1.